The van der Waals surface area contributed by atoms with Gasteiger partial charge < -0.3 is 9.84 Å². The van der Waals surface area contributed by atoms with Gasteiger partial charge in [-0.05, 0) is 45.1 Å². The van der Waals surface area contributed by atoms with Crippen molar-refractivity contribution in [2.24, 2.45) is 0 Å². The standard InChI is InChI=1S/C12H10BrFO2S/c1-16-10-4-5-17-12(10)11(15)7-2-3-9(14)8(13)6-7/h2-6,11,15H,1H3. The van der Waals surface area contributed by atoms with E-state index >= 15 is 0 Å². The first-order chi connectivity index (χ1) is 8.13. The highest BCUT2D eigenvalue weighted by Gasteiger charge is 2.17. The summed E-state index contributed by atoms with van der Waals surface area (Å²) < 4.78 is 18.6. The van der Waals surface area contributed by atoms with Crippen LogP contribution in [0.2, 0.25) is 0 Å². The lowest BCUT2D eigenvalue weighted by Gasteiger charge is -2.11. The van der Waals surface area contributed by atoms with Gasteiger partial charge in [0.05, 0.1) is 16.5 Å². The highest BCUT2D eigenvalue weighted by atomic mass is 79.9. The van der Waals surface area contributed by atoms with E-state index in [4.69, 9.17) is 4.74 Å². The molecule has 0 fully saturated rings. The predicted molar refractivity (Wildman–Crippen MR) is 69.0 cm³/mol. The molecular formula is C12H10BrFO2S. The van der Waals surface area contributed by atoms with Crippen LogP contribution in [-0.2, 0) is 0 Å². The molecule has 0 bridgehead atoms. The molecule has 0 aliphatic carbocycles. The molecule has 17 heavy (non-hydrogen) atoms. The molecule has 0 aliphatic rings. The zero-order valence-corrected chi connectivity index (χ0v) is 11.4. The van der Waals surface area contributed by atoms with Gasteiger partial charge in [0, 0.05) is 0 Å². The summed E-state index contributed by atoms with van der Waals surface area (Å²) in [5.41, 5.74) is 0.624. The third-order valence-electron chi connectivity index (χ3n) is 2.38. The summed E-state index contributed by atoms with van der Waals surface area (Å²) in [6.45, 7) is 0. The number of thiophene rings is 1. The molecule has 1 atom stereocenters. The molecule has 0 aliphatic heterocycles. The average Bonchev–Trinajstić information content (AvgIpc) is 2.80. The van der Waals surface area contributed by atoms with Crippen molar-refractivity contribution >= 4 is 27.3 Å². The lowest BCUT2D eigenvalue weighted by Crippen LogP contribution is -1.99. The largest absolute Gasteiger partial charge is 0.495 e. The molecule has 1 unspecified atom stereocenters. The summed E-state index contributed by atoms with van der Waals surface area (Å²) >= 11 is 4.50. The molecular weight excluding hydrogens is 307 g/mol. The quantitative estimate of drug-likeness (QED) is 0.934. The Morgan fingerprint density at radius 3 is 2.82 bits per heavy atom. The topological polar surface area (TPSA) is 29.5 Å². The van der Waals surface area contributed by atoms with Crippen molar-refractivity contribution < 1.29 is 14.2 Å². The van der Waals surface area contributed by atoms with Gasteiger partial charge in [0.25, 0.3) is 0 Å². The average molecular weight is 317 g/mol. The van der Waals surface area contributed by atoms with Crippen molar-refractivity contribution in [3.8, 4) is 5.75 Å². The number of benzene rings is 1. The third-order valence-corrected chi connectivity index (χ3v) is 3.94. The van der Waals surface area contributed by atoms with Gasteiger partial charge in [-0.3, -0.25) is 0 Å². The summed E-state index contributed by atoms with van der Waals surface area (Å²) in [4.78, 5) is 0.714. The van der Waals surface area contributed by atoms with Crippen molar-refractivity contribution in [1.82, 2.24) is 0 Å². The van der Waals surface area contributed by atoms with Crippen LogP contribution in [-0.4, -0.2) is 12.2 Å². The van der Waals surface area contributed by atoms with Crippen LogP contribution >= 0.6 is 27.3 Å². The number of methoxy groups -OCH3 is 1. The number of ether oxygens (including phenoxy) is 1. The maximum absolute atomic E-state index is 13.1. The Bertz CT molecular complexity index is 527. The number of rotatable bonds is 3. The van der Waals surface area contributed by atoms with Crippen molar-refractivity contribution in [2.45, 2.75) is 6.10 Å². The molecule has 0 radical (unpaired) electrons. The second-order valence-corrected chi connectivity index (χ2v) is 5.23. The molecule has 2 aromatic rings. The molecule has 90 valence electrons. The van der Waals surface area contributed by atoms with Gasteiger partial charge in [-0.25, -0.2) is 4.39 Å². The molecule has 1 aromatic carbocycles. The monoisotopic (exact) mass is 316 g/mol. The van der Waals surface area contributed by atoms with E-state index in [1.165, 1.54) is 17.4 Å². The summed E-state index contributed by atoms with van der Waals surface area (Å²) in [5.74, 6) is 0.294. The van der Waals surface area contributed by atoms with Crippen molar-refractivity contribution in [2.75, 3.05) is 7.11 Å². The van der Waals surface area contributed by atoms with Gasteiger partial charge in [0.15, 0.2) is 0 Å². The molecule has 2 rings (SSSR count). The van der Waals surface area contributed by atoms with Crippen LogP contribution in [0.1, 0.15) is 16.5 Å². The molecule has 1 N–H and O–H groups in total. The van der Waals surface area contributed by atoms with Gasteiger partial charge in [0.1, 0.15) is 17.7 Å². The number of hydrogen-bond acceptors (Lipinski definition) is 3. The predicted octanol–water partition coefficient (Wildman–Crippen LogP) is 3.74. The Balaban J connectivity index is 2.36. The second-order valence-electron chi connectivity index (χ2n) is 3.43. The van der Waals surface area contributed by atoms with E-state index in [1.54, 1.807) is 25.3 Å². The van der Waals surface area contributed by atoms with Crippen molar-refractivity contribution in [1.29, 1.82) is 0 Å². The highest BCUT2D eigenvalue weighted by Crippen LogP contribution is 2.35. The molecule has 0 saturated heterocycles. The van der Waals surface area contributed by atoms with Crippen LogP contribution < -0.4 is 4.74 Å². The Labute approximate surface area is 111 Å². The first-order valence-electron chi connectivity index (χ1n) is 4.88. The Morgan fingerprint density at radius 1 is 1.41 bits per heavy atom. The number of hydrogen-bond donors (Lipinski definition) is 1. The van der Waals surface area contributed by atoms with E-state index < -0.39 is 6.10 Å². The first-order valence-corrected chi connectivity index (χ1v) is 6.55. The maximum Gasteiger partial charge on any atom is 0.137 e. The molecule has 2 nitrogen and oxygen atoms in total. The lowest BCUT2D eigenvalue weighted by molar-refractivity contribution is 0.219. The molecule has 1 heterocycles. The van der Waals surface area contributed by atoms with Gasteiger partial charge in [-0.1, -0.05) is 6.07 Å². The number of halogens is 2. The minimum atomic E-state index is -0.804. The number of aliphatic hydroxyl groups excluding tert-OH is 1. The van der Waals surface area contributed by atoms with Gasteiger partial charge >= 0.3 is 0 Å². The van der Waals surface area contributed by atoms with Crippen LogP contribution in [0.3, 0.4) is 0 Å². The van der Waals surface area contributed by atoms with E-state index in [-0.39, 0.29) is 5.82 Å². The summed E-state index contributed by atoms with van der Waals surface area (Å²) in [7, 11) is 1.55. The minimum Gasteiger partial charge on any atom is -0.495 e. The summed E-state index contributed by atoms with van der Waals surface area (Å²) in [6, 6.07) is 6.24. The maximum atomic E-state index is 13.1. The fourth-order valence-electron chi connectivity index (χ4n) is 1.51. The van der Waals surface area contributed by atoms with Crippen LogP contribution in [0.4, 0.5) is 4.39 Å². The van der Waals surface area contributed by atoms with Crippen LogP contribution in [0, 0.1) is 5.82 Å². The minimum absolute atomic E-state index is 0.338. The van der Waals surface area contributed by atoms with Crippen LogP contribution in [0.25, 0.3) is 0 Å². The van der Waals surface area contributed by atoms with Crippen LogP contribution in [0.15, 0.2) is 34.1 Å². The lowest BCUT2D eigenvalue weighted by atomic mass is 10.1. The van der Waals surface area contributed by atoms with E-state index in [0.29, 0.717) is 20.7 Å². The smallest absolute Gasteiger partial charge is 0.137 e. The third kappa shape index (κ3) is 2.51. The molecule has 0 spiro atoms. The van der Waals surface area contributed by atoms with Gasteiger partial charge in [-0.15, -0.1) is 11.3 Å². The molecule has 5 heteroatoms. The molecule has 0 saturated carbocycles. The van der Waals surface area contributed by atoms with Gasteiger partial charge in [-0.2, -0.15) is 0 Å². The highest BCUT2D eigenvalue weighted by molar-refractivity contribution is 9.10. The molecule has 1 aromatic heterocycles. The fraction of sp³-hybridized carbons (Fsp3) is 0.167. The zero-order valence-electron chi connectivity index (χ0n) is 8.98. The zero-order chi connectivity index (χ0) is 12.4. The van der Waals surface area contributed by atoms with Gasteiger partial charge in [0.2, 0.25) is 0 Å². The van der Waals surface area contributed by atoms with Crippen molar-refractivity contribution in [3.05, 3.63) is 50.4 Å². The van der Waals surface area contributed by atoms with E-state index in [2.05, 4.69) is 15.9 Å². The van der Waals surface area contributed by atoms with E-state index in [9.17, 15) is 9.50 Å². The van der Waals surface area contributed by atoms with E-state index in [1.807, 2.05) is 5.38 Å². The Morgan fingerprint density at radius 2 is 2.18 bits per heavy atom. The van der Waals surface area contributed by atoms with Crippen LogP contribution in [0.5, 0.6) is 5.75 Å². The number of aliphatic hydroxyl groups is 1. The normalized spacial score (nSPS) is 12.5. The fourth-order valence-corrected chi connectivity index (χ4v) is 2.78. The SMILES string of the molecule is COc1ccsc1C(O)c1ccc(F)c(Br)c1. The summed E-state index contributed by atoms with van der Waals surface area (Å²) in [5, 5.41) is 12.0. The Kier molecular flexibility index (Phi) is 3.81. The van der Waals surface area contributed by atoms with E-state index in [0.717, 1.165) is 0 Å². The first kappa shape index (κ1) is 12.5. The Hall–Kier alpha value is -0.910. The van der Waals surface area contributed by atoms with Crippen molar-refractivity contribution in [3.63, 3.8) is 0 Å². The second kappa shape index (κ2) is 5.16. The molecule has 0 amide bonds. The summed E-state index contributed by atoms with van der Waals surface area (Å²) in [6.07, 6.45) is -0.804.